The number of fused-ring (bicyclic) bond motifs is 2. The van der Waals surface area contributed by atoms with Crippen molar-refractivity contribution in [2.75, 3.05) is 13.2 Å². The highest BCUT2D eigenvalue weighted by atomic mass is 28.4. The van der Waals surface area contributed by atoms with Crippen LogP contribution in [0, 0.1) is 11.8 Å². The van der Waals surface area contributed by atoms with Crippen molar-refractivity contribution in [2.24, 2.45) is 11.8 Å². The maximum Gasteiger partial charge on any atom is 0.338 e. The van der Waals surface area contributed by atoms with E-state index in [9.17, 15) is 0 Å². The second-order valence-electron chi connectivity index (χ2n) is 5.16. The molecule has 0 aromatic carbocycles. The van der Waals surface area contributed by atoms with Gasteiger partial charge in [-0.15, -0.1) is 0 Å². The van der Waals surface area contributed by atoms with E-state index in [1.807, 2.05) is 0 Å². The van der Waals surface area contributed by atoms with Gasteiger partial charge in [-0.3, -0.25) is 0 Å². The topological polar surface area (TPSA) is 18.5 Å². The first-order chi connectivity index (χ1) is 7.19. The average molecular weight is 228 g/mol. The van der Waals surface area contributed by atoms with Gasteiger partial charge < -0.3 is 8.85 Å². The Morgan fingerprint density at radius 3 is 2.13 bits per heavy atom. The Hall–Kier alpha value is 0.137. The number of hydrogen-bond donors (Lipinski definition) is 0. The van der Waals surface area contributed by atoms with Gasteiger partial charge >= 0.3 is 8.56 Å². The van der Waals surface area contributed by atoms with Gasteiger partial charge in [-0.05, 0) is 45.1 Å². The molecular formula is C12H24O2Si. The first-order valence-corrected chi connectivity index (χ1v) is 8.87. The molecule has 88 valence electrons. The fourth-order valence-corrected chi connectivity index (χ4v) is 7.29. The van der Waals surface area contributed by atoms with E-state index >= 15 is 0 Å². The Kier molecular flexibility index (Phi) is 3.53. The first-order valence-electron chi connectivity index (χ1n) is 6.47. The third kappa shape index (κ3) is 2.15. The summed E-state index contributed by atoms with van der Waals surface area (Å²) in [5.74, 6) is 1.91. The van der Waals surface area contributed by atoms with Crippen LogP contribution >= 0.6 is 0 Å². The van der Waals surface area contributed by atoms with E-state index in [0.29, 0.717) is 0 Å². The third-order valence-corrected chi connectivity index (χ3v) is 8.05. The minimum Gasteiger partial charge on any atom is -0.394 e. The summed E-state index contributed by atoms with van der Waals surface area (Å²) < 4.78 is 12.0. The van der Waals surface area contributed by atoms with Crippen molar-refractivity contribution in [3.05, 3.63) is 0 Å². The Morgan fingerprint density at radius 1 is 1.07 bits per heavy atom. The minimum absolute atomic E-state index is 0.774. The normalized spacial score (nSPS) is 35.0. The molecule has 0 radical (unpaired) electrons. The standard InChI is InChI=1S/C12H24O2Si/c1-4-13-15(3,14-5-2)12-9-10-6-7-11(12)8-10/h10-12H,4-9H2,1-3H3. The SMILES string of the molecule is CCO[Si](C)(OCC)C1CC2CCC1C2. The Labute approximate surface area is 94.6 Å². The van der Waals surface area contributed by atoms with Crippen molar-refractivity contribution in [1.82, 2.24) is 0 Å². The zero-order chi connectivity index (χ0) is 10.9. The molecule has 0 amide bonds. The highest BCUT2D eigenvalue weighted by molar-refractivity contribution is 6.67. The van der Waals surface area contributed by atoms with Crippen LogP contribution in [0.1, 0.15) is 39.5 Å². The monoisotopic (exact) mass is 228 g/mol. The van der Waals surface area contributed by atoms with Gasteiger partial charge in [0, 0.05) is 18.8 Å². The molecule has 0 heterocycles. The summed E-state index contributed by atoms with van der Waals surface area (Å²) in [7, 11) is -1.87. The molecular weight excluding hydrogens is 204 g/mol. The summed E-state index contributed by atoms with van der Waals surface area (Å²) in [5, 5.41) is 0. The van der Waals surface area contributed by atoms with E-state index in [1.165, 1.54) is 25.7 Å². The quantitative estimate of drug-likeness (QED) is 0.672. The van der Waals surface area contributed by atoms with Crippen LogP contribution in [0.25, 0.3) is 0 Å². The van der Waals surface area contributed by atoms with Gasteiger partial charge in [-0.1, -0.05) is 12.8 Å². The molecule has 0 spiro atoms. The van der Waals surface area contributed by atoms with Crippen LogP contribution in [0.4, 0.5) is 0 Å². The van der Waals surface area contributed by atoms with E-state index in [-0.39, 0.29) is 0 Å². The molecule has 3 atom stereocenters. The summed E-state index contributed by atoms with van der Waals surface area (Å²) in [6.07, 6.45) is 5.72. The molecule has 0 saturated heterocycles. The predicted octanol–water partition coefficient (Wildman–Crippen LogP) is 3.32. The van der Waals surface area contributed by atoms with E-state index in [0.717, 1.165) is 30.6 Å². The summed E-state index contributed by atoms with van der Waals surface area (Å²) in [4.78, 5) is 0. The van der Waals surface area contributed by atoms with E-state index in [4.69, 9.17) is 8.85 Å². The molecule has 2 saturated carbocycles. The molecule has 2 fully saturated rings. The molecule has 15 heavy (non-hydrogen) atoms. The summed E-state index contributed by atoms with van der Waals surface area (Å²) in [6, 6.07) is 0. The predicted molar refractivity (Wildman–Crippen MR) is 64.1 cm³/mol. The van der Waals surface area contributed by atoms with E-state index in [2.05, 4.69) is 20.4 Å². The van der Waals surface area contributed by atoms with Gasteiger partial charge in [-0.25, -0.2) is 0 Å². The fourth-order valence-electron chi connectivity index (χ4n) is 3.72. The molecule has 2 bridgehead atoms. The molecule has 2 aliphatic rings. The third-order valence-electron chi connectivity index (χ3n) is 4.27. The summed E-state index contributed by atoms with van der Waals surface area (Å²) >= 11 is 0. The van der Waals surface area contributed by atoms with Gasteiger partial charge in [0.25, 0.3) is 0 Å². The lowest BCUT2D eigenvalue weighted by atomic mass is 10.0. The van der Waals surface area contributed by atoms with Crippen molar-refractivity contribution in [2.45, 2.75) is 51.6 Å². The lowest BCUT2D eigenvalue weighted by Gasteiger charge is -2.36. The molecule has 2 rings (SSSR count). The van der Waals surface area contributed by atoms with Crippen LogP contribution in [0.15, 0.2) is 0 Å². The second kappa shape index (κ2) is 4.56. The summed E-state index contributed by atoms with van der Waals surface area (Å²) in [6.45, 7) is 8.10. The van der Waals surface area contributed by atoms with Crippen molar-refractivity contribution in [1.29, 1.82) is 0 Å². The van der Waals surface area contributed by atoms with Crippen LogP contribution in [-0.2, 0) is 8.85 Å². The van der Waals surface area contributed by atoms with E-state index < -0.39 is 8.56 Å². The smallest absolute Gasteiger partial charge is 0.338 e. The molecule has 0 aliphatic heterocycles. The second-order valence-corrected chi connectivity index (χ2v) is 8.51. The van der Waals surface area contributed by atoms with Crippen molar-refractivity contribution >= 4 is 8.56 Å². The zero-order valence-electron chi connectivity index (χ0n) is 10.3. The fraction of sp³-hybridized carbons (Fsp3) is 1.00. The van der Waals surface area contributed by atoms with Crippen LogP contribution < -0.4 is 0 Å². The van der Waals surface area contributed by atoms with E-state index in [1.54, 1.807) is 0 Å². The van der Waals surface area contributed by atoms with Gasteiger partial charge in [0.15, 0.2) is 0 Å². The lowest BCUT2D eigenvalue weighted by Crippen LogP contribution is -2.45. The van der Waals surface area contributed by atoms with Crippen molar-refractivity contribution in [3.8, 4) is 0 Å². The highest BCUT2D eigenvalue weighted by Gasteiger charge is 2.52. The molecule has 0 N–H and O–H groups in total. The Bertz CT molecular complexity index is 214. The maximum atomic E-state index is 6.02. The number of rotatable bonds is 5. The molecule has 3 heteroatoms. The Morgan fingerprint density at radius 2 is 1.73 bits per heavy atom. The molecule has 0 aromatic rings. The van der Waals surface area contributed by atoms with Crippen molar-refractivity contribution < 1.29 is 8.85 Å². The van der Waals surface area contributed by atoms with Gasteiger partial charge in [0.2, 0.25) is 0 Å². The molecule has 2 aliphatic carbocycles. The van der Waals surface area contributed by atoms with Crippen LogP contribution in [-0.4, -0.2) is 21.8 Å². The first kappa shape index (κ1) is 11.6. The van der Waals surface area contributed by atoms with Crippen molar-refractivity contribution in [3.63, 3.8) is 0 Å². The van der Waals surface area contributed by atoms with Crippen LogP contribution in [0.5, 0.6) is 0 Å². The average Bonchev–Trinajstić information content (AvgIpc) is 2.79. The van der Waals surface area contributed by atoms with Crippen LogP contribution in [0.2, 0.25) is 12.1 Å². The molecule has 3 unspecified atom stereocenters. The lowest BCUT2D eigenvalue weighted by molar-refractivity contribution is 0.168. The van der Waals surface area contributed by atoms with Gasteiger partial charge in [0.05, 0.1) is 0 Å². The number of hydrogen-bond acceptors (Lipinski definition) is 2. The van der Waals surface area contributed by atoms with Crippen LogP contribution in [0.3, 0.4) is 0 Å². The largest absolute Gasteiger partial charge is 0.394 e. The minimum atomic E-state index is -1.87. The zero-order valence-corrected chi connectivity index (χ0v) is 11.3. The molecule has 2 nitrogen and oxygen atoms in total. The maximum absolute atomic E-state index is 6.02. The van der Waals surface area contributed by atoms with Gasteiger partial charge in [-0.2, -0.15) is 0 Å². The molecule has 0 aromatic heterocycles. The highest BCUT2D eigenvalue weighted by Crippen LogP contribution is 2.55. The summed E-state index contributed by atoms with van der Waals surface area (Å²) in [5.41, 5.74) is 0.774. The van der Waals surface area contributed by atoms with Gasteiger partial charge in [0.1, 0.15) is 0 Å². The Balaban J connectivity index is 2.04.